The van der Waals surface area contributed by atoms with E-state index in [0.717, 1.165) is 17.9 Å². The van der Waals surface area contributed by atoms with Gasteiger partial charge < -0.3 is 5.32 Å². The molecular formula is C16H32N2. The molecule has 0 bridgehead atoms. The number of rotatable bonds is 4. The van der Waals surface area contributed by atoms with Crippen molar-refractivity contribution in [1.82, 2.24) is 10.2 Å². The lowest BCUT2D eigenvalue weighted by atomic mass is 9.83. The van der Waals surface area contributed by atoms with Crippen molar-refractivity contribution >= 4 is 0 Å². The van der Waals surface area contributed by atoms with Gasteiger partial charge in [-0.05, 0) is 64.5 Å². The van der Waals surface area contributed by atoms with Gasteiger partial charge >= 0.3 is 0 Å². The smallest absolute Gasteiger partial charge is 0.0124 e. The van der Waals surface area contributed by atoms with Crippen LogP contribution in [0.15, 0.2) is 0 Å². The van der Waals surface area contributed by atoms with Crippen molar-refractivity contribution in [3.05, 3.63) is 0 Å². The molecule has 0 radical (unpaired) electrons. The fourth-order valence-corrected chi connectivity index (χ4v) is 3.88. The molecule has 0 aromatic rings. The second kappa shape index (κ2) is 6.91. The van der Waals surface area contributed by atoms with Crippen molar-refractivity contribution in [1.29, 1.82) is 0 Å². The van der Waals surface area contributed by atoms with E-state index in [1.807, 2.05) is 0 Å². The molecule has 1 heterocycles. The SMILES string of the molecule is CC1CCCCC1N(CC1CCNCC1)C(C)C. The minimum Gasteiger partial charge on any atom is -0.317 e. The largest absolute Gasteiger partial charge is 0.317 e. The summed E-state index contributed by atoms with van der Waals surface area (Å²) in [5.74, 6) is 1.84. The summed E-state index contributed by atoms with van der Waals surface area (Å²) < 4.78 is 0. The normalized spacial score (nSPS) is 31.2. The van der Waals surface area contributed by atoms with E-state index in [1.165, 1.54) is 58.2 Å². The van der Waals surface area contributed by atoms with Crippen molar-refractivity contribution in [2.24, 2.45) is 11.8 Å². The Labute approximate surface area is 114 Å². The van der Waals surface area contributed by atoms with Gasteiger partial charge in [-0.15, -0.1) is 0 Å². The van der Waals surface area contributed by atoms with E-state index < -0.39 is 0 Å². The molecule has 2 unspecified atom stereocenters. The third kappa shape index (κ3) is 3.71. The van der Waals surface area contributed by atoms with Gasteiger partial charge in [0.2, 0.25) is 0 Å². The molecule has 2 atom stereocenters. The lowest BCUT2D eigenvalue weighted by Crippen LogP contribution is -2.48. The first-order valence-electron chi connectivity index (χ1n) is 8.15. The zero-order valence-corrected chi connectivity index (χ0v) is 12.6. The molecule has 0 aromatic carbocycles. The number of nitrogens with zero attached hydrogens (tertiary/aromatic N) is 1. The molecule has 1 saturated carbocycles. The molecule has 0 amide bonds. The van der Waals surface area contributed by atoms with Gasteiger partial charge in [-0.1, -0.05) is 19.8 Å². The van der Waals surface area contributed by atoms with Crippen LogP contribution in [0.2, 0.25) is 0 Å². The molecule has 0 aromatic heterocycles. The third-order valence-electron chi connectivity index (χ3n) is 5.08. The standard InChI is InChI=1S/C16H32N2/c1-13(2)18(12-15-8-10-17-11-9-15)16-7-5-4-6-14(16)3/h13-17H,4-12H2,1-3H3. The predicted octanol–water partition coefficient (Wildman–Crippen LogP) is 3.28. The van der Waals surface area contributed by atoms with Crippen LogP contribution in [0.3, 0.4) is 0 Å². The van der Waals surface area contributed by atoms with Crippen LogP contribution in [0.1, 0.15) is 59.3 Å². The van der Waals surface area contributed by atoms with E-state index in [1.54, 1.807) is 0 Å². The van der Waals surface area contributed by atoms with Crippen LogP contribution in [-0.4, -0.2) is 36.6 Å². The summed E-state index contributed by atoms with van der Waals surface area (Å²) in [6.07, 6.45) is 8.54. The maximum atomic E-state index is 3.49. The fraction of sp³-hybridized carbons (Fsp3) is 1.00. The van der Waals surface area contributed by atoms with Crippen LogP contribution < -0.4 is 5.32 Å². The van der Waals surface area contributed by atoms with Crippen LogP contribution >= 0.6 is 0 Å². The van der Waals surface area contributed by atoms with Gasteiger partial charge in [-0.25, -0.2) is 0 Å². The summed E-state index contributed by atoms with van der Waals surface area (Å²) >= 11 is 0. The molecule has 0 spiro atoms. The van der Waals surface area contributed by atoms with E-state index >= 15 is 0 Å². The Morgan fingerprint density at radius 1 is 1.06 bits per heavy atom. The van der Waals surface area contributed by atoms with Gasteiger partial charge in [-0.2, -0.15) is 0 Å². The molecule has 1 aliphatic heterocycles. The zero-order chi connectivity index (χ0) is 13.0. The second-order valence-corrected chi connectivity index (χ2v) is 6.81. The molecule has 1 aliphatic carbocycles. The molecule has 2 heteroatoms. The van der Waals surface area contributed by atoms with Crippen LogP contribution in [0.5, 0.6) is 0 Å². The first-order chi connectivity index (χ1) is 8.68. The highest BCUT2D eigenvalue weighted by molar-refractivity contribution is 4.85. The number of hydrogen-bond donors (Lipinski definition) is 1. The van der Waals surface area contributed by atoms with Gasteiger partial charge in [0.05, 0.1) is 0 Å². The molecular weight excluding hydrogens is 220 g/mol. The number of piperidine rings is 1. The average Bonchev–Trinajstić information content (AvgIpc) is 2.38. The summed E-state index contributed by atoms with van der Waals surface area (Å²) in [7, 11) is 0. The van der Waals surface area contributed by atoms with E-state index in [2.05, 4.69) is 31.0 Å². The van der Waals surface area contributed by atoms with Crippen molar-refractivity contribution in [2.75, 3.05) is 19.6 Å². The van der Waals surface area contributed by atoms with Crippen molar-refractivity contribution in [3.63, 3.8) is 0 Å². The van der Waals surface area contributed by atoms with Gasteiger partial charge in [0.1, 0.15) is 0 Å². The van der Waals surface area contributed by atoms with Crippen molar-refractivity contribution in [3.8, 4) is 0 Å². The Morgan fingerprint density at radius 2 is 1.72 bits per heavy atom. The summed E-state index contributed by atoms with van der Waals surface area (Å²) in [5.41, 5.74) is 0. The molecule has 2 fully saturated rings. The topological polar surface area (TPSA) is 15.3 Å². The van der Waals surface area contributed by atoms with Gasteiger partial charge in [0.15, 0.2) is 0 Å². The van der Waals surface area contributed by atoms with Crippen molar-refractivity contribution in [2.45, 2.75) is 71.4 Å². The molecule has 2 nitrogen and oxygen atoms in total. The van der Waals surface area contributed by atoms with Crippen LogP contribution in [0.25, 0.3) is 0 Å². The van der Waals surface area contributed by atoms with Crippen LogP contribution in [0, 0.1) is 11.8 Å². The van der Waals surface area contributed by atoms with Crippen molar-refractivity contribution < 1.29 is 0 Å². The van der Waals surface area contributed by atoms with Gasteiger partial charge in [-0.3, -0.25) is 4.90 Å². The van der Waals surface area contributed by atoms with Gasteiger partial charge in [0.25, 0.3) is 0 Å². The predicted molar refractivity (Wildman–Crippen MR) is 78.9 cm³/mol. The first kappa shape index (κ1) is 14.3. The quantitative estimate of drug-likeness (QED) is 0.826. The lowest BCUT2D eigenvalue weighted by molar-refractivity contribution is 0.0607. The summed E-state index contributed by atoms with van der Waals surface area (Å²) in [6.45, 7) is 11.1. The Morgan fingerprint density at radius 3 is 2.33 bits per heavy atom. The highest BCUT2D eigenvalue weighted by Crippen LogP contribution is 2.30. The average molecular weight is 252 g/mol. The first-order valence-corrected chi connectivity index (χ1v) is 8.15. The fourth-order valence-electron chi connectivity index (χ4n) is 3.88. The Balaban J connectivity index is 1.93. The summed E-state index contributed by atoms with van der Waals surface area (Å²) in [5, 5.41) is 3.49. The second-order valence-electron chi connectivity index (χ2n) is 6.81. The van der Waals surface area contributed by atoms with Gasteiger partial charge in [0, 0.05) is 18.6 Å². The molecule has 1 N–H and O–H groups in total. The molecule has 106 valence electrons. The summed E-state index contributed by atoms with van der Waals surface area (Å²) in [4.78, 5) is 2.83. The number of hydrogen-bond acceptors (Lipinski definition) is 2. The van der Waals surface area contributed by atoms with E-state index in [-0.39, 0.29) is 0 Å². The maximum Gasteiger partial charge on any atom is 0.0124 e. The Kier molecular flexibility index (Phi) is 5.50. The maximum absolute atomic E-state index is 3.49. The Hall–Kier alpha value is -0.0800. The minimum absolute atomic E-state index is 0.713. The van der Waals surface area contributed by atoms with E-state index in [9.17, 15) is 0 Å². The molecule has 2 aliphatic rings. The van der Waals surface area contributed by atoms with E-state index in [0.29, 0.717) is 6.04 Å². The molecule has 18 heavy (non-hydrogen) atoms. The minimum atomic E-state index is 0.713. The zero-order valence-electron chi connectivity index (χ0n) is 12.6. The molecule has 2 rings (SSSR count). The number of nitrogens with one attached hydrogen (secondary N) is 1. The van der Waals surface area contributed by atoms with Crippen LogP contribution in [0.4, 0.5) is 0 Å². The summed E-state index contributed by atoms with van der Waals surface area (Å²) in [6, 6.07) is 1.57. The third-order valence-corrected chi connectivity index (χ3v) is 5.08. The molecule has 1 saturated heterocycles. The highest BCUT2D eigenvalue weighted by atomic mass is 15.2. The van der Waals surface area contributed by atoms with E-state index in [4.69, 9.17) is 0 Å². The highest BCUT2D eigenvalue weighted by Gasteiger charge is 2.30. The Bertz CT molecular complexity index is 233. The monoisotopic (exact) mass is 252 g/mol. The lowest BCUT2D eigenvalue weighted by Gasteiger charge is -2.43. The van der Waals surface area contributed by atoms with Crippen LogP contribution in [-0.2, 0) is 0 Å².